The van der Waals surface area contributed by atoms with E-state index in [2.05, 4.69) is 17.1 Å². The van der Waals surface area contributed by atoms with Gasteiger partial charge in [0, 0.05) is 28.7 Å². The highest BCUT2D eigenvalue weighted by molar-refractivity contribution is 6.35. The summed E-state index contributed by atoms with van der Waals surface area (Å²) in [7, 11) is 0. The maximum atomic E-state index is 15.0. The number of piperidine rings is 1. The van der Waals surface area contributed by atoms with Crippen LogP contribution in [-0.2, 0) is 0 Å². The van der Waals surface area contributed by atoms with E-state index in [4.69, 9.17) is 23.2 Å². The molecule has 0 atom stereocenters. The van der Waals surface area contributed by atoms with Crippen molar-refractivity contribution in [1.29, 1.82) is 0 Å². The van der Waals surface area contributed by atoms with Crippen LogP contribution in [0.1, 0.15) is 75.1 Å². The molecule has 0 bridgehead atoms. The van der Waals surface area contributed by atoms with Crippen LogP contribution in [0, 0.1) is 0 Å². The summed E-state index contributed by atoms with van der Waals surface area (Å²) >= 11 is 11.9. The van der Waals surface area contributed by atoms with Gasteiger partial charge in [-0.25, -0.2) is 4.39 Å². The van der Waals surface area contributed by atoms with E-state index in [-0.39, 0.29) is 12.5 Å². The van der Waals surface area contributed by atoms with Crippen LogP contribution in [0.25, 0.3) is 0 Å². The normalized spacial score (nSPS) is 16.9. The van der Waals surface area contributed by atoms with E-state index in [1.165, 1.54) is 44.9 Å². The van der Waals surface area contributed by atoms with Crippen molar-refractivity contribution in [3.63, 3.8) is 0 Å². The molecular formula is C22H33Cl2FN2O. The lowest BCUT2D eigenvalue weighted by molar-refractivity contribution is 0.0539. The van der Waals surface area contributed by atoms with Gasteiger partial charge in [0.25, 0.3) is 5.91 Å². The zero-order chi connectivity index (χ0) is 20.4. The van der Waals surface area contributed by atoms with Crippen LogP contribution in [-0.4, -0.2) is 42.7 Å². The van der Waals surface area contributed by atoms with Gasteiger partial charge in [0.15, 0.2) is 0 Å². The molecule has 1 fully saturated rings. The SMILES string of the molecule is CCCCCCCCCN1CCC(F)(CNC(=O)c2cc(Cl)cc(Cl)c2)CC1. The van der Waals surface area contributed by atoms with Crippen LogP contribution < -0.4 is 5.32 Å². The Labute approximate surface area is 179 Å². The first-order valence-corrected chi connectivity index (χ1v) is 11.3. The molecule has 1 N–H and O–H groups in total. The second-order valence-electron chi connectivity index (χ2n) is 7.95. The van der Waals surface area contributed by atoms with E-state index in [0.717, 1.165) is 19.6 Å². The third-order valence-electron chi connectivity index (χ3n) is 5.52. The van der Waals surface area contributed by atoms with Gasteiger partial charge in [-0.15, -0.1) is 0 Å². The third kappa shape index (κ3) is 8.26. The quantitative estimate of drug-likeness (QED) is 0.419. The Bertz CT molecular complexity index is 598. The van der Waals surface area contributed by atoms with Crippen LogP contribution in [0.5, 0.6) is 0 Å². The minimum Gasteiger partial charge on any atom is -0.349 e. The fraction of sp³-hybridized carbons (Fsp3) is 0.682. The van der Waals surface area contributed by atoms with Crippen LogP contribution in [0.4, 0.5) is 4.39 Å². The second-order valence-corrected chi connectivity index (χ2v) is 8.83. The lowest BCUT2D eigenvalue weighted by atomic mass is 9.93. The lowest BCUT2D eigenvalue weighted by Crippen LogP contribution is -2.48. The van der Waals surface area contributed by atoms with E-state index in [0.29, 0.717) is 28.5 Å². The summed E-state index contributed by atoms with van der Waals surface area (Å²) < 4.78 is 15.0. The maximum absolute atomic E-state index is 15.0. The Morgan fingerprint density at radius 1 is 1.04 bits per heavy atom. The molecule has 0 radical (unpaired) electrons. The van der Waals surface area contributed by atoms with Gasteiger partial charge in [0.1, 0.15) is 5.67 Å². The molecule has 1 aliphatic rings. The van der Waals surface area contributed by atoms with Crippen molar-refractivity contribution in [2.75, 3.05) is 26.2 Å². The number of rotatable bonds is 11. The van der Waals surface area contributed by atoms with Crippen molar-refractivity contribution < 1.29 is 9.18 Å². The molecule has 6 heteroatoms. The molecule has 2 rings (SSSR count). The molecule has 158 valence electrons. The number of amides is 1. The minimum absolute atomic E-state index is 0.0290. The van der Waals surface area contributed by atoms with Crippen molar-refractivity contribution >= 4 is 29.1 Å². The molecule has 0 spiro atoms. The molecule has 3 nitrogen and oxygen atoms in total. The summed E-state index contributed by atoms with van der Waals surface area (Å²) in [6, 6.07) is 4.65. The number of carbonyl (C=O) groups is 1. The zero-order valence-corrected chi connectivity index (χ0v) is 18.4. The predicted molar refractivity (Wildman–Crippen MR) is 116 cm³/mol. The number of carbonyl (C=O) groups excluding carboxylic acids is 1. The minimum atomic E-state index is -1.34. The maximum Gasteiger partial charge on any atom is 0.251 e. The molecule has 0 aromatic heterocycles. The summed E-state index contributed by atoms with van der Waals surface area (Å²) in [5.41, 5.74) is -0.980. The van der Waals surface area contributed by atoms with Crippen LogP contribution in [0.3, 0.4) is 0 Å². The summed E-state index contributed by atoms with van der Waals surface area (Å²) in [5, 5.41) is 3.49. The largest absolute Gasteiger partial charge is 0.349 e. The highest BCUT2D eigenvalue weighted by atomic mass is 35.5. The van der Waals surface area contributed by atoms with Crippen LogP contribution in [0.2, 0.25) is 10.0 Å². The Morgan fingerprint density at radius 2 is 1.61 bits per heavy atom. The van der Waals surface area contributed by atoms with Gasteiger partial charge in [0.05, 0.1) is 6.54 Å². The smallest absolute Gasteiger partial charge is 0.251 e. The van der Waals surface area contributed by atoms with Crippen molar-refractivity contribution in [1.82, 2.24) is 10.2 Å². The molecule has 1 aromatic carbocycles. The van der Waals surface area contributed by atoms with Gasteiger partial charge in [-0.05, 0) is 44.0 Å². The highest BCUT2D eigenvalue weighted by Crippen LogP contribution is 2.26. The number of alkyl halides is 1. The molecule has 1 saturated heterocycles. The molecule has 0 unspecified atom stereocenters. The van der Waals surface area contributed by atoms with E-state index in [1.54, 1.807) is 18.2 Å². The van der Waals surface area contributed by atoms with Gasteiger partial charge in [0.2, 0.25) is 0 Å². The fourth-order valence-electron chi connectivity index (χ4n) is 3.67. The van der Waals surface area contributed by atoms with Crippen molar-refractivity contribution in [3.8, 4) is 0 Å². The zero-order valence-electron chi connectivity index (χ0n) is 16.9. The number of nitrogens with zero attached hydrogens (tertiary/aromatic N) is 1. The van der Waals surface area contributed by atoms with Crippen molar-refractivity contribution in [2.45, 2.75) is 70.4 Å². The second kappa shape index (κ2) is 12.0. The van der Waals surface area contributed by atoms with Gasteiger partial charge in [-0.3, -0.25) is 4.79 Å². The molecule has 1 amide bonds. The van der Waals surface area contributed by atoms with E-state index >= 15 is 4.39 Å². The van der Waals surface area contributed by atoms with E-state index in [1.807, 2.05) is 0 Å². The summed E-state index contributed by atoms with van der Waals surface area (Å²) in [6.45, 7) is 4.83. The average molecular weight is 431 g/mol. The van der Waals surface area contributed by atoms with Gasteiger partial charge in [-0.1, -0.05) is 68.7 Å². The Kier molecular flexibility index (Phi) is 10.0. The first kappa shape index (κ1) is 23.4. The predicted octanol–water partition coefficient (Wildman–Crippen LogP) is 6.28. The number of benzene rings is 1. The van der Waals surface area contributed by atoms with Gasteiger partial charge >= 0.3 is 0 Å². The third-order valence-corrected chi connectivity index (χ3v) is 5.96. The fourth-order valence-corrected chi connectivity index (χ4v) is 4.20. The average Bonchev–Trinajstić information content (AvgIpc) is 2.66. The Hall–Kier alpha value is -0.840. The molecule has 1 aromatic rings. The van der Waals surface area contributed by atoms with Gasteiger partial charge < -0.3 is 10.2 Å². The highest BCUT2D eigenvalue weighted by Gasteiger charge is 2.34. The molecule has 0 saturated carbocycles. The van der Waals surface area contributed by atoms with Crippen molar-refractivity contribution in [3.05, 3.63) is 33.8 Å². The Balaban J connectivity index is 1.65. The molecule has 28 heavy (non-hydrogen) atoms. The molecule has 0 aliphatic carbocycles. The Morgan fingerprint density at radius 3 is 2.21 bits per heavy atom. The number of nitrogens with one attached hydrogen (secondary N) is 1. The molecule has 1 aliphatic heterocycles. The topological polar surface area (TPSA) is 32.3 Å². The first-order valence-electron chi connectivity index (χ1n) is 10.6. The van der Waals surface area contributed by atoms with Crippen molar-refractivity contribution in [2.24, 2.45) is 0 Å². The first-order chi connectivity index (χ1) is 13.4. The standard InChI is InChI=1S/C22H33Cl2FN2O/c1-2-3-4-5-6-7-8-11-27-12-9-22(25,10-13-27)17-26-21(28)18-14-19(23)16-20(24)15-18/h14-16H,2-13,17H2,1H3,(H,26,28). The number of hydrogen-bond acceptors (Lipinski definition) is 2. The number of likely N-dealkylation sites (tertiary alicyclic amines) is 1. The number of hydrogen-bond donors (Lipinski definition) is 1. The summed E-state index contributed by atoms with van der Waals surface area (Å²) in [4.78, 5) is 14.6. The van der Waals surface area contributed by atoms with E-state index in [9.17, 15) is 4.79 Å². The molecule has 1 heterocycles. The summed E-state index contributed by atoms with van der Waals surface area (Å²) in [6.07, 6.45) is 9.98. The van der Waals surface area contributed by atoms with E-state index < -0.39 is 5.67 Å². The monoisotopic (exact) mass is 430 g/mol. The number of unbranched alkanes of at least 4 members (excludes halogenated alkanes) is 6. The molecular weight excluding hydrogens is 398 g/mol. The van der Waals surface area contributed by atoms with Crippen LogP contribution in [0.15, 0.2) is 18.2 Å². The van der Waals surface area contributed by atoms with Gasteiger partial charge in [-0.2, -0.15) is 0 Å². The lowest BCUT2D eigenvalue weighted by Gasteiger charge is -2.36. The summed E-state index contributed by atoms with van der Waals surface area (Å²) in [5.74, 6) is -0.341. The van der Waals surface area contributed by atoms with Crippen LogP contribution >= 0.6 is 23.2 Å². The number of halogens is 3.